The fraction of sp³-hybridized carbons (Fsp3) is 0.263. The number of carbonyl (C=O) groups excluding carboxylic acids is 1. The summed E-state index contributed by atoms with van der Waals surface area (Å²) in [7, 11) is 0. The van der Waals surface area contributed by atoms with Gasteiger partial charge in [-0.1, -0.05) is 23.5 Å². The van der Waals surface area contributed by atoms with Crippen LogP contribution >= 0.6 is 23.1 Å². The molecule has 0 bridgehead atoms. The van der Waals surface area contributed by atoms with Crippen molar-refractivity contribution in [2.75, 3.05) is 23.3 Å². The number of thiazole rings is 1. The highest BCUT2D eigenvalue weighted by Crippen LogP contribution is 2.33. The highest BCUT2D eigenvalue weighted by molar-refractivity contribution is 7.22. The molecule has 1 N–H and O–H groups in total. The molecule has 6 nitrogen and oxygen atoms in total. The topological polar surface area (TPSA) is 71.0 Å². The number of carbonyl (C=O) groups is 1. The van der Waals surface area contributed by atoms with Crippen LogP contribution in [0.1, 0.15) is 12.8 Å². The lowest BCUT2D eigenvalue weighted by molar-refractivity contribution is -0.120. The zero-order chi connectivity index (χ0) is 19.1. The van der Waals surface area contributed by atoms with E-state index in [1.54, 1.807) is 6.07 Å². The number of amides is 1. The van der Waals surface area contributed by atoms with Crippen LogP contribution in [0.15, 0.2) is 36.4 Å². The molecular weight excluding hydrogens is 397 g/mol. The lowest BCUT2D eigenvalue weighted by atomic mass is 9.97. The summed E-state index contributed by atoms with van der Waals surface area (Å²) in [6.45, 7) is 1.38. The molecule has 1 atom stereocenters. The minimum Gasteiger partial charge on any atom is -0.347 e. The van der Waals surface area contributed by atoms with Crippen molar-refractivity contribution >= 4 is 61.0 Å². The number of hydrogen-bond acceptors (Lipinski definition) is 7. The first-order valence-corrected chi connectivity index (χ1v) is 10.6. The Bertz CT molecular complexity index is 1170. The van der Waals surface area contributed by atoms with Gasteiger partial charge in [0.25, 0.3) is 0 Å². The molecule has 142 valence electrons. The van der Waals surface area contributed by atoms with Gasteiger partial charge >= 0.3 is 0 Å². The smallest absolute Gasteiger partial charge is 0.229 e. The third-order valence-electron chi connectivity index (χ3n) is 4.97. The van der Waals surface area contributed by atoms with Crippen molar-refractivity contribution in [3.05, 3.63) is 42.2 Å². The monoisotopic (exact) mass is 413 g/mol. The third kappa shape index (κ3) is 3.10. The maximum Gasteiger partial charge on any atom is 0.229 e. The molecule has 9 heteroatoms. The molecule has 3 heterocycles. The molecule has 1 saturated heterocycles. The zero-order valence-electron chi connectivity index (χ0n) is 14.8. The van der Waals surface area contributed by atoms with Crippen molar-refractivity contribution in [1.29, 1.82) is 0 Å². The highest BCUT2D eigenvalue weighted by Gasteiger charge is 2.28. The molecular formula is C19H16FN5OS2. The summed E-state index contributed by atoms with van der Waals surface area (Å²) in [5.74, 6) is -0.499. The van der Waals surface area contributed by atoms with Crippen LogP contribution < -0.4 is 10.2 Å². The fourth-order valence-corrected chi connectivity index (χ4v) is 5.11. The molecule has 0 radical (unpaired) electrons. The van der Waals surface area contributed by atoms with Crippen molar-refractivity contribution in [3.63, 3.8) is 0 Å². The number of anilines is 2. The summed E-state index contributed by atoms with van der Waals surface area (Å²) in [4.78, 5) is 19.4. The van der Waals surface area contributed by atoms with Crippen molar-refractivity contribution < 1.29 is 9.18 Å². The lowest BCUT2D eigenvalue weighted by Gasteiger charge is -2.31. The van der Waals surface area contributed by atoms with Crippen molar-refractivity contribution in [2.24, 2.45) is 5.92 Å². The van der Waals surface area contributed by atoms with Crippen LogP contribution in [0.25, 0.3) is 21.3 Å². The van der Waals surface area contributed by atoms with Gasteiger partial charge in [0.05, 0.1) is 28.0 Å². The maximum absolute atomic E-state index is 14.0. The molecule has 2 aromatic heterocycles. The Morgan fingerprint density at radius 1 is 1.18 bits per heavy atom. The van der Waals surface area contributed by atoms with Crippen LogP contribution in [-0.4, -0.2) is 32.7 Å². The number of benzene rings is 2. The van der Waals surface area contributed by atoms with E-state index >= 15 is 0 Å². The van der Waals surface area contributed by atoms with E-state index in [2.05, 4.69) is 23.9 Å². The third-order valence-corrected chi connectivity index (χ3v) is 6.59. The molecule has 5 rings (SSSR count). The number of fused-ring (bicyclic) bond motifs is 2. The minimum absolute atomic E-state index is 0.0301. The Balaban J connectivity index is 1.35. The summed E-state index contributed by atoms with van der Waals surface area (Å²) < 4.78 is 23.3. The number of piperidine rings is 1. The second kappa shape index (κ2) is 7.06. The van der Waals surface area contributed by atoms with E-state index in [9.17, 15) is 9.18 Å². The molecule has 1 aliphatic rings. The summed E-state index contributed by atoms with van der Waals surface area (Å²) in [5, 5.41) is 3.78. The Labute approximate surface area is 168 Å². The summed E-state index contributed by atoms with van der Waals surface area (Å²) in [5.41, 5.74) is 2.59. The summed E-state index contributed by atoms with van der Waals surface area (Å²) >= 11 is 2.60. The molecule has 4 aromatic rings. The molecule has 1 fully saturated rings. The minimum atomic E-state index is -0.309. The molecule has 1 unspecified atom stereocenters. The Kier molecular flexibility index (Phi) is 4.40. The number of rotatable bonds is 3. The van der Waals surface area contributed by atoms with E-state index in [1.807, 2.05) is 24.3 Å². The summed E-state index contributed by atoms with van der Waals surface area (Å²) in [6, 6.07) is 10.6. The van der Waals surface area contributed by atoms with E-state index in [4.69, 9.17) is 0 Å². The van der Waals surface area contributed by atoms with E-state index < -0.39 is 0 Å². The quantitative estimate of drug-likeness (QED) is 0.542. The lowest BCUT2D eigenvalue weighted by Crippen LogP contribution is -2.40. The van der Waals surface area contributed by atoms with E-state index in [1.165, 1.54) is 17.4 Å². The van der Waals surface area contributed by atoms with Crippen LogP contribution in [-0.2, 0) is 4.79 Å². The Morgan fingerprint density at radius 2 is 2.07 bits per heavy atom. The molecule has 0 saturated carbocycles. The van der Waals surface area contributed by atoms with Gasteiger partial charge in [-0.05, 0) is 37.1 Å². The van der Waals surface area contributed by atoms with Crippen molar-refractivity contribution in [1.82, 2.24) is 13.7 Å². The molecule has 0 aliphatic carbocycles. The van der Waals surface area contributed by atoms with E-state index in [0.29, 0.717) is 17.7 Å². The number of hydrogen-bond donors (Lipinski definition) is 1. The second-order valence-electron chi connectivity index (χ2n) is 6.79. The SMILES string of the molecule is O=C(Nc1cccc2nsnc12)C1CCCN(c2nc3c(F)cccc3s2)C1. The largest absolute Gasteiger partial charge is 0.347 e. The highest BCUT2D eigenvalue weighted by atomic mass is 32.1. The Morgan fingerprint density at radius 3 is 2.96 bits per heavy atom. The number of nitrogens with one attached hydrogen (secondary N) is 1. The van der Waals surface area contributed by atoms with E-state index in [-0.39, 0.29) is 17.6 Å². The van der Waals surface area contributed by atoms with Crippen molar-refractivity contribution in [2.45, 2.75) is 12.8 Å². The van der Waals surface area contributed by atoms with Crippen LogP contribution in [0.2, 0.25) is 0 Å². The van der Waals surface area contributed by atoms with Gasteiger partial charge in [-0.3, -0.25) is 4.79 Å². The molecule has 28 heavy (non-hydrogen) atoms. The molecule has 1 amide bonds. The fourth-order valence-electron chi connectivity index (χ4n) is 3.55. The normalized spacial score (nSPS) is 17.3. The van der Waals surface area contributed by atoms with Crippen LogP contribution in [0, 0.1) is 11.7 Å². The standard InChI is InChI=1S/C19H16FN5OS2/c20-12-5-1-8-15-16(12)22-19(27-15)25-9-3-4-11(10-25)18(26)21-13-6-2-7-14-17(13)24-28-23-14/h1-2,5-8,11H,3-4,9-10H2,(H,21,26). The molecule has 0 spiro atoms. The summed E-state index contributed by atoms with van der Waals surface area (Å²) in [6.07, 6.45) is 1.70. The zero-order valence-corrected chi connectivity index (χ0v) is 16.4. The Hall–Kier alpha value is -2.65. The van der Waals surface area contributed by atoms with E-state index in [0.717, 1.165) is 52.0 Å². The first kappa shape index (κ1) is 17.4. The number of aromatic nitrogens is 3. The number of nitrogens with zero attached hydrogens (tertiary/aromatic N) is 4. The predicted octanol–water partition coefficient (Wildman–Crippen LogP) is 4.30. The van der Waals surface area contributed by atoms with Gasteiger partial charge in [0.15, 0.2) is 5.13 Å². The van der Waals surface area contributed by atoms with Gasteiger partial charge < -0.3 is 10.2 Å². The van der Waals surface area contributed by atoms with Crippen LogP contribution in [0.4, 0.5) is 15.2 Å². The van der Waals surface area contributed by atoms with Crippen LogP contribution in [0.5, 0.6) is 0 Å². The average Bonchev–Trinajstić information content (AvgIpc) is 3.36. The molecule has 2 aromatic carbocycles. The maximum atomic E-state index is 14.0. The first-order chi connectivity index (χ1) is 13.7. The van der Waals surface area contributed by atoms with Gasteiger partial charge in [0, 0.05) is 13.1 Å². The number of halogens is 1. The number of para-hydroxylation sites is 1. The van der Waals surface area contributed by atoms with Crippen molar-refractivity contribution in [3.8, 4) is 0 Å². The molecule has 1 aliphatic heterocycles. The van der Waals surface area contributed by atoms with Crippen LogP contribution in [0.3, 0.4) is 0 Å². The van der Waals surface area contributed by atoms with Gasteiger partial charge in [0.1, 0.15) is 22.4 Å². The average molecular weight is 414 g/mol. The van der Waals surface area contributed by atoms with Gasteiger partial charge in [-0.2, -0.15) is 8.75 Å². The van der Waals surface area contributed by atoms with Gasteiger partial charge in [0.2, 0.25) is 5.91 Å². The first-order valence-electron chi connectivity index (χ1n) is 9.01. The second-order valence-corrected chi connectivity index (χ2v) is 8.33. The predicted molar refractivity (Wildman–Crippen MR) is 111 cm³/mol. The van der Waals surface area contributed by atoms with Gasteiger partial charge in [-0.25, -0.2) is 9.37 Å². The van der Waals surface area contributed by atoms with Gasteiger partial charge in [-0.15, -0.1) is 0 Å².